The molecule has 86 valence electrons. The predicted octanol–water partition coefficient (Wildman–Crippen LogP) is 3.06. The van der Waals surface area contributed by atoms with Crippen LogP contribution in [0.25, 0.3) is 25.9 Å². The molecule has 3 heterocycles. The van der Waals surface area contributed by atoms with Crippen LogP contribution in [0.2, 0.25) is 0 Å². The van der Waals surface area contributed by atoms with Crippen LogP contribution in [-0.4, -0.2) is 9.38 Å². The molecule has 0 saturated carbocycles. The van der Waals surface area contributed by atoms with Gasteiger partial charge in [-0.25, -0.2) is 4.98 Å². The van der Waals surface area contributed by atoms with Crippen LogP contribution in [-0.2, 0) is 0 Å². The van der Waals surface area contributed by atoms with E-state index in [2.05, 4.69) is 4.98 Å². The summed E-state index contributed by atoms with van der Waals surface area (Å²) >= 11 is 1.54. The van der Waals surface area contributed by atoms with Gasteiger partial charge in [0.25, 0.3) is 5.56 Å². The van der Waals surface area contributed by atoms with Crippen LogP contribution >= 0.6 is 11.3 Å². The molecule has 4 heteroatoms. The molecule has 18 heavy (non-hydrogen) atoms. The van der Waals surface area contributed by atoms with E-state index in [0.29, 0.717) is 5.39 Å². The fourth-order valence-electron chi connectivity index (χ4n) is 2.27. The summed E-state index contributed by atoms with van der Waals surface area (Å²) in [6.45, 7) is 0. The molecule has 1 aromatic carbocycles. The third-order valence-electron chi connectivity index (χ3n) is 3.08. The number of rotatable bonds is 0. The van der Waals surface area contributed by atoms with Crippen molar-refractivity contribution in [3.05, 3.63) is 59.0 Å². The molecule has 0 amide bonds. The molecule has 0 N–H and O–H groups in total. The molecule has 0 bridgehead atoms. The summed E-state index contributed by atoms with van der Waals surface area (Å²) in [4.78, 5) is 18.5. The standard InChI is InChI=1S/C14H8N2OS/c17-14-10-5-3-7-15-13(10)18-12-8-9-4-1-2-6-11(9)16(12)14/h1-8H. The van der Waals surface area contributed by atoms with Gasteiger partial charge in [-0.2, -0.15) is 0 Å². The number of aromatic nitrogens is 2. The topological polar surface area (TPSA) is 34.4 Å². The van der Waals surface area contributed by atoms with Crippen LogP contribution in [0.4, 0.5) is 0 Å². The maximum absolute atomic E-state index is 12.5. The number of benzene rings is 1. The average molecular weight is 252 g/mol. The maximum Gasteiger partial charge on any atom is 0.266 e. The average Bonchev–Trinajstić information content (AvgIpc) is 2.77. The normalized spacial score (nSPS) is 11.6. The van der Waals surface area contributed by atoms with Gasteiger partial charge in [0.2, 0.25) is 0 Å². The van der Waals surface area contributed by atoms with Crippen molar-refractivity contribution in [1.82, 2.24) is 9.38 Å². The first kappa shape index (κ1) is 9.79. The fourth-order valence-corrected chi connectivity index (χ4v) is 3.30. The Hall–Kier alpha value is -2.20. The second-order valence-electron chi connectivity index (χ2n) is 4.14. The van der Waals surface area contributed by atoms with Gasteiger partial charge in [-0.3, -0.25) is 9.20 Å². The van der Waals surface area contributed by atoms with Gasteiger partial charge >= 0.3 is 0 Å². The van der Waals surface area contributed by atoms with Crippen molar-refractivity contribution in [3.63, 3.8) is 0 Å². The summed E-state index contributed by atoms with van der Waals surface area (Å²) in [6, 6.07) is 13.6. The molecule has 0 aliphatic carbocycles. The quantitative estimate of drug-likeness (QED) is 0.482. The fraction of sp³-hybridized carbons (Fsp3) is 0. The van der Waals surface area contributed by atoms with E-state index < -0.39 is 0 Å². The highest BCUT2D eigenvalue weighted by molar-refractivity contribution is 7.23. The van der Waals surface area contributed by atoms with Crippen LogP contribution in [0.15, 0.2) is 53.5 Å². The van der Waals surface area contributed by atoms with Crippen molar-refractivity contribution in [2.75, 3.05) is 0 Å². The molecule has 0 fully saturated rings. The molecule has 0 spiro atoms. The van der Waals surface area contributed by atoms with Gasteiger partial charge in [-0.1, -0.05) is 29.5 Å². The van der Waals surface area contributed by atoms with Crippen molar-refractivity contribution >= 4 is 37.3 Å². The molecule has 0 saturated heterocycles. The summed E-state index contributed by atoms with van der Waals surface area (Å²) in [7, 11) is 0. The van der Waals surface area contributed by atoms with Crippen LogP contribution in [0.3, 0.4) is 0 Å². The van der Waals surface area contributed by atoms with Gasteiger partial charge in [0.15, 0.2) is 0 Å². The summed E-state index contributed by atoms with van der Waals surface area (Å²) < 4.78 is 1.77. The van der Waals surface area contributed by atoms with Gasteiger partial charge in [0, 0.05) is 11.6 Å². The Labute approximate surface area is 106 Å². The van der Waals surface area contributed by atoms with Crippen LogP contribution < -0.4 is 5.56 Å². The number of para-hydroxylation sites is 1. The Bertz CT molecular complexity index is 952. The van der Waals surface area contributed by atoms with Crippen molar-refractivity contribution < 1.29 is 0 Å². The van der Waals surface area contributed by atoms with E-state index in [1.54, 1.807) is 28.0 Å². The Kier molecular flexibility index (Phi) is 1.85. The van der Waals surface area contributed by atoms with E-state index in [1.807, 2.05) is 36.4 Å². The molecule has 4 aromatic rings. The van der Waals surface area contributed by atoms with E-state index in [1.165, 1.54) is 0 Å². The summed E-state index contributed by atoms with van der Waals surface area (Å²) in [5.41, 5.74) is 0.965. The lowest BCUT2D eigenvalue weighted by Gasteiger charge is -1.98. The van der Waals surface area contributed by atoms with Crippen molar-refractivity contribution in [2.24, 2.45) is 0 Å². The van der Waals surface area contributed by atoms with Crippen molar-refractivity contribution in [3.8, 4) is 0 Å². The third kappa shape index (κ3) is 1.18. The number of pyridine rings is 1. The SMILES string of the molecule is O=c1c2cccnc2sc2cc3ccccc3n12. The van der Waals surface area contributed by atoms with Gasteiger partial charge in [-0.05, 0) is 24.3 Å². The minimum atomic E-state index is 0.00745. The molecule has 3 aromatic heterocycles. The summed E-state index contributed by atoms with van der Waals surface area (Å²) in [6.07, 6.45) is 1.72. The molecule has 0 unspecified atom stereocenters. The monoisotopic (exact) mass is 252 g/mol. The first-order valence-electron chi connectivity index (χ1n) is 5.63. The van der Waals surface area contributed by atoms with Crippen LogP contribution in [0.1, 0.15) is 0 Å². The lowest BCUT2D eigenvalue weighted by Crippen LogP contribution is -2.11. The van der Waals surface area contributed by atoms with E-state index in [-0.39, 0.29) is 5.56 Å². The second kappa shape index (κ2) is 3.40. The largest absolute Gasteiger partial charge is 0.268 e. The Balaban J connectivity index is 2.39. The maximum atomic E-state index is 12.5. The molecule has 0 atom stereocenters. The Morgan fingerprint density at radius 2 is 2.00 bits per heavy atom. The van der Waals surface area contributed by atoms with Gasteiger partial charge < -0.3 is 0 Å². The Morgan fingerprint density at radius 1 is 1.11 bits per heavy atom. The molecule has 3 nitrogen and oxygen atoms in total. The van der Waals surface area contributed by atoms with Gasteiger partial charge in [0.05, 0.1) is 10.9 Å². The summed E-state index contributed by atoms with van der Waals surface area (Å²) in [5, 5.41) is 1.76. The van der Waals surface area contributed by atoms with Crippen molar-refractivity contribution in [2.45, 2.75) is 0 Å². The minimum Gasteiger partial charge on any atom is -0.268 e. The lowest BCUT2D eigenvalue weighted by molar-refractivity contribution is 1.21. The predicted molar refractivity (Wildman–Crippen MR) is 74.4 cm³/mol. The molecular weight excluding hydrogens is 244 g/mol. The second-order valence-corrected chi connectivity index (χ2v) is 5.15. The zero-order chi connectivity index (χ0) is 12.1. The lowest BCUT2D eigenvalue weighted by atomic mass is 10.2. The molecular formula is C14H8N2OS. The molecule has 0 radical (unpaired) electrons. The van der Waals surface area contributed by atoms with Crippen LogP contribution in [0.5, 0.6) is 0 Å². The van der Waals surface area contributed by atoms with Crippen LogP contribution in [0, 0.1) is 0 Å². The zero-order valence-electron chi connectivity index (χ0n) is 9.33. The highest BCUT2D eigenvalue weighted by Gasteiger charge is 2.09. The highest BCUT2D eigenvalue weighted by atomic mass is 32.1. The first-order chi connectivity index (χ1) is 8.84. The molecule has 4 rings (SSSR count). The van der Waals surface area contributed by atoms with E-state index in [9.17, 15) is 4.79 Å². The van der Waals surface area contributed by atoms with E-state index in [0.717, 1.165) is 20.6 Å². The van der Waals surface area contributed by atoms with Gasteiger partial charge in [0.1, 0.15) is 9.66 Å². The number of fused-ring (bicyclic) bond motifs is 4. The Morgan fingerprint density at radius 3 is 2.94 bits per heavy atom. The third-order valence-corrected chi connectivity index (χ3v) is 4.11. The van der Waals surface area contributed by atoms with Gasteiger partial charge in [-0.15, -0.1) is 0 Å². The van der Waals surface area contributed by atoms with Crippen molar-refractivity contribution in [1.29, 1.82) is 0 Å². The smallest absolute Gasteiger partial charge is 0.266 e. The first-order valence-corrected chi connectivity index (χ1v) is 6.44. The number of hydrogen-bond donors (Lipinski definition) is 0. The summed E-state index contributed by atoms with van der Waals surface area (Å²) in [5.74, 6) is 0. The highest BCUT2D eigenvalue weighted by Crippen LogP contribution is 2.24. The van der Waals surface area contributed by atoms with E-state index in [4.69, 9.17) is 0 Å². The molecule has 0 aliphatic heterocycles. The molecule has 0 aliphatic rings. The zero-order valence-corrected chi connectivity index (χ0v) is 10.1. The minimum absolute atomic E-state index is 0.00745. The number of hydrogen-bond acceptors (Lipinski definition) is 3. The number of nitrogens with zero attached hydrogens (tertiary/aromatic N) is 2. The van der Waals surface area contributed by atoms with E-state index >= 15 is 0 Å².